The van der Waals surface area contributed by atoms with Gasteiger partial charge in [-0.15, -0.1) is 0 Å². The molecule has 33 heavy (non-hydrogen) atoms. The molecule has 4 aromatic rings. The fourth-order valence-corrected chi connectivity index (χ4v) is 3.64. The van der Waals surface area contributed by atoms with Crippen molar-refractivity contribution >= 4 is 40.3 Å². The van der Waals surface area contributed by atoms with Gasteiger partial charge in [0.05, 0.1) is 23.8 Å². The second-order valence-electron chi connectivity index (χ2n) is 8.39. The van der Waals surface area contributed by atoms with E-state index >= 15 is 0 Å². The van der Waals surface area contributed by atoms with E-state index in [0.717, 1.165) is 66.0 Å². The van der Waals surface area contributed by atoms with Crippen molar-refractivity contribution in [2.75, 3.05) is 64.5 Å². The standard InChI is InChI=1S/C20H20N6O.C4H9NO/c1-25-6-8-26(9-7-25)19-12-22-15-4-2-13(10-16(15)23-19)14-3-5-18-17(11-14)24-20(21)27-18;1-5(2)3-4-6/h2-5,10-12H,6-9H2,1H3,(H2,21,24);4H,3H2,1-2H3. The Morgan fingerprint density at radius 3 is 2.36 bits per heavy atom. The number of rotatable bonds is 4. The maximum absolute atomic E-state index is 9.57. The van der Waals surface area contributed by atoms with Crippen LogP contribution in [0, 0.1) is 0 Å². The molecule has 0 atom stereocenters. The third-order valence-corrected chi connectivity index (χ3v) is 5.53. The zero-order valence-corrected chi connectivity index (χ0v) is 19.2. The number of nitrogens with two attached hydrogens (primary N) is 1. The van der Waals surface area contributed by atoms with Crippen LogP contribution >= 0.6 is 0 Å². The zero-order chi connectivity index (χ0) is 23.4. The Morgan fingerprint density at radius 1 is 1.00 bits per heavy atom. The number of hydrogen-bond donors (Lipinski definition) is 1. The van der Waals surface area contributed by atoms with Crippen LogP contribution < -0.4 is 10.6 Å². The van der Waals surface area contributed by atoms with Gasteiger partial charge in [0.2, 0.25) is 0 Å². The van der Waals surface area contributed by atoms with E-state index in [0.29, 0.717) is 12.1 Å². The Kier molecular flexibility index (Phi) is 6.81. The van der Waals surface area contributed by atoms with Gasteiger partial charge in [0.25, 0.3) is 6.01 Å². The van der Waals surface area contributed by atoms with Crippen molar-refractivity contribution in [3.63, 3.8) is 0 Å². The molecule has 9 nitrogen and oxygen atoms in total. The predicted octanol–water partition coefficient (Wildman–Crippen LogP) is 2.52. The van der Waals surface area contributed by atoms with Gasteiger partial charge in [-0.25, -0.2) is 4.98 Å². The predicted molar refractivity (Wildman–Crippen MR) is 131 cm³/mol. The molecule has 0 aliphatic carbocycles. The maximum Gasteiger partial charge on any atom is 0.292 e. The van der Waals surface area contributed by atoms with Crippen LogP contribution in [0.25, 0.3) is 33.3 Å². The summed E-state index contributed by atoms with van der Waals surface area (Å²) < 4.78 is 5.35. The molecule has 5 rings (SSSR count). The average molecular weight is 448 g/mol. The lowest BCUT2D eigenvalue weighted by atomic mass is 10.0. The molecule has 2 N–H and O–H groups in total. The first kappa shape index (κ1) is 22.6. The maximum atomic E-state index is 9.57. The van der Waals surface area contributed by atoms with E-state index in [1.54, 1.807) is 0 Å². The molecule has 172 valence electrons. The molecule has 0 radical (unpaired) electrons. The number of aromatic nitrogens is 3. The minimum Gasteiger partial charge on any atom is -0.424 e. The molecule has 0 unspecified atom stereocenters. The summed E-state index contributed by atoms with van der Waals surface area (Å²) in [4.78, 5) is 29.7. The number of hydrogen-bond acceptors (Lipinski definition) is 9. The van der Waals surface area contributed by atoms with Crippen molar-refractivity contribution in [2.24, 2.45) is 0 Å². The molecule has 0 saturated carbocycles. The Bertz CT molecular complexity index is 1250. The van der Waals surface area contributed by atoms with Crippen LogP contribution in [0.3, 0.4) is 0 Å². The Labute approximate surface area is 192 Å². The van der Waals surface area contributed by atoms with E-state index in [1.165, 1.54) is 0 Å². The van der Waals surface area contributed by atoms with Gasteiger partial charge in [-0.2, -0.15) is 4.98 Å². The van der Waals surface area contributed by atoms with Gasteiger partial charge in [-0.3, -0.25) is 4.98 Å². The van der Waals surface area contributed by atoms with Gasteiger partial charge < -0.3 is 29.6 Å². The van der Waals surface area contributed by atoms with Gasteiger partial charge in [-0.1, -0.05) is 12.1 Å². The van der Waals surface area contributed by atoms with E-state index in [1.807, 2.05) is 49.5 Å². The minimum atomic E-state index is 0.184. The van der Waals surface area contributed by atoms with Gasteiger partial charge in [0.15, 0.2) is 5.58 Å². The Balaban J connectivity index is 0.000000385. The number of benzene rings is 2. The molecule has 0 amide bonds. The van der Waals surface area contributed by atoms with Crippen molar-refractivity contribution in [2.45, 2.75) is 0 Å². The minimum absolute atomic E-state index is 0.184. The van der Waals surface area contributed by atoms with Gasteiger partial charge >= 0.3 is 0 Å². The number of oxazole rings is 1. The number of likely N-dealkylation sites (N-methyl/N-ethyl adjacent to an activating group) is 2. The third-order valence-electron chi connectivity index (χ3n) is 5.53. The van der Waals surface area contributed by atoms with Crippen molar-refractivity contribution < 1.29 is 9.21 Å². The summed E-state index contributed by atoms with van der Waals surface area (Å²) in [6.45, 7) is 4.56. The first-order chi connectivity index (χ1) is 15.9. The first-order valence-electron chi connectivity index (χ1n) is 10.9. The number of nitrogen functional groups attached to an aromatic ring is 1. The second-order valence-corrected chi connectivity index (χ2v) is 8.39. The average Bonchev–Trinajstić information content (AvgIpc) is 3.18. The number of nitrogens with zero attached hydrogens (tertiary/aromatic N) is 6. The lowest BCUT2D eigenvalue weighted by Crippen LogP contribution is -2.44. The normalized spacial score (nSPS) is 14.5. The summed E-state index contributed by atoms with van der Waals surface area (Å²) in [6.07, 6.45) is 2.75. The number of anilines is 2. The van der Waals surface area contributed by atoms with E-state index in [-0.39, 0.29) is 6.01 Å². The number of aldehydes is 1. The van der Waals surface area contributed by atoms with Crippen LogP contribution in [0.5, 0.6) is 0 Å². The number of carbonyl (C=O) groups excluding carboxylic acids is 1. The first-order valence-corrected chi connectivity index (χ1v) is 10.9. The highest BCUT2D eigenvalue weighted by atomic mass is 16.4. The Morgan fingerprint density at radius 2 is 1.70 bits per heavy atom. The molecule has 0 bridgehead atoms. The summed E-state index contributed by atoms with van der Waals surface area (Å²) in [6, 6.07) is 12.2. The molecule has 2 aromatic heterocycles. The van der Waals surface area contributed by atoms with Crippen LogP contribution in [-0.4, -0.2) is 84.9 Å². The van der Waals surface area contributed by atoms with Gasteiger partial charge in [0.1, 0.15) is 17.6 Å². The van der Waals surface area contributed by atoms with Crippen molar-refractivity contribution in [1.82, 2.24) is 24.8 Å². The smallest absolute Gasteiger partial charge is 0.292 e. The van der Waals surface area contributed by atoms with E-state index < -0.39 is 0 Å². The topological polar surface area (TPSA) is 105 Å². The molecule has 1 aliphatic heterocycles. The lowest BCUT2D eigenvalue weighted by molar-refractivity contribution is -0.108. The number of piperazine rings is 1. The van der Waals surface area contributed by atoms with Gasteiger partial charge in [0, 0.05) is 26.2 Å². The third kappa shape index (κ3) is 5.44. The summed E-state index contributed by atoms with van der Waals surface area (Å²) in [5.74, 6) is 0.937. The van der Waals surface area contributed by atoms with Gasteiger partial charge in [-0.05, 0) is 56.5 Å². The largest absolute Gasteiger partial charge is 0.424 e. The Hall–Kier alpha value is -3.56. The fourth-order valence-electron chi connectivity index (χ4n) is 3.64. The molecule has 9 heteroatoms. The highest BCUT2D eigenvalue weighted by molar-refractivity contribution is 5.86. The molecule has 1 aliphatic rings. The summed E-state index contributed by atoms with van der Waals surface area (Å²) >= 11 is 0. The number of fused-ring (bicyclic) bond motifs is 2. The van der Waals surface area contributed by atoms with Crippen LogP contribution in [0.2, 0.25) is 0 Å². The fraction of sp³-hybridized carbons (Fsp3) is 0.333. The second kappa shape index (κ2) is 9.93. The van der Waals surface area contributed by atoms with Crippen LogP contribution in [0.15, 0.2) is 47.0 Å². The summed E-state index contributed by atoms with van der Waals surface area (Å²) in [5, 5.41) is 0. The monoisotopic (exact) mass is 447 g/mol. The SMILES string of the molecule is CN(C)CC=O.CN1CCN(c2cnc3ccc(-c4ccc5oc(N)nc5c4)cc3n2)CC1. The van der Waals surface area contributed by atoms with E-state index in [4.69, 9.17) is 15.1 Å². The van der Waals surface area contributed by atoms with E-state index in [9.17, 15) is 4.79 Å². The van der Waals surface area contributed by atoms with Crippen molar-refractivity contribution in [1.29, 1.82) is 0 Å². The van der Waals surface area contributed by atoms with Crippen LogP contribution in [0.4, 0.5) is 11.8 Å². The van der Waals surface area contributed by atoms with Crippen LogP contribution in [0.1, 0.15) is 0 Å². The molecular weight excluding hydrogens is 418 g/mol. The van der Waals surface area contributed by atoms with Crippen molar-refractivity contribution in [3.05, 3.63) is 42.6 Å². The number of carbonyl (C=O) groups is 1. The summed E-state index contributed by atoms with van der Waals surface area (Å²) in [5.41, 5.74) is 11.0. The van der Waals surface area contributed by atoms with E-state index in [2.05, 4.69) is 38.9 Å². The highest BCUT2D eigenvalue weighted by Gasteiger charge is 2.16. The lowest BCUT2D eigenvalue weighted by Gasteiger charge is -2.33. The highest BCUT2D eigenvalue weighted by Crippen LogP contribution is 2.28. The molecule has 1 fully saturated rings. The van der Waals surface area contributed by atoms with Crippen LogP contribution in [-0.2, 0) is 4.79 Å². The molecular formula is C24H29N7O2. The quantitative estimate of drug-likeness (QED) is 0.473. The summed E-state index contributed by atoms with van der Waals surface area (Å²) in [7, 11) is 5.86. The molecule has 3 heterocycles. The molecule has 1 saturated heterocycles. The molecule has 0 spiro atoms. The van der Waals surface area contributed by atoms with Crippen molar-refractivity contribution in [3.8, 4) is 11.1 Å². The molecule has 2 aromatic carbocycles. The zero-order valence-electron chi connectivity index (χ0n) is 19.2.